The highest BCUT2D eigenvalue weighted by molar-refractivity contribution is 5.94. The second kappa shape index (κ2) is 6.47. The number of nitrogens with two attached hydrogens (primary N) is 1. The van der Waals surface area contributed by atoms with Gasteiger partial charge in [-0.15, -0.1) is 0 Å². The van der Waals surface area contributed by atoms with E-state index in [0.29, 0.717) is 6.54 Å². The predicted octanol–water partition coefficient (Wildman–Crippen LogP) is 3.24. The third-order valence-corrected chi connectivity index (χ3v) is 2.97. The molecule has 0 saturated heterocycles. The van der Waals surface area contributed by atoms with Gasteiger partial charge in [0, 0.05) is 12.1 Å². The molecular weight excluding hydrogens is 281 g/mol. The largest absolute Gasteiger partial charge is 0.408 e. The zero-order chi connectivity index (χ0) is 16.3. The summed E-state index contributed by atoms with van der Waals surface area (Å²) in [6.07, 6.45) is -4.65. The summed E-state index contributed by atoms with van der Waals surface area (Å²) in [4.78, 5) is 11.9. The molecule has 1 rings (SSSR count). The summed E-state index contributed by atoms with van der Waals surface area (Å²) in [6, 6.07) is 4.34. The maximum Gasteiger partial charge on any atom is 0.408 e. The number of amides is 1. The SMILES string of the molecule is CC(C)(C)CC(NC(=O)c1ccc(CN)cc1)C(F)(F)F. The number of halogens is 3. The molecule has 3 nitrogen and oxygen atoms in total. The third-order valence-electron chi connectivity index (χ3n) is 2.97. The number of benzene rings is 1. The van der Waals surface area contributed by atoms with Crippen molar-refractivity contribution in [2.24, 2.45) is 11.1 Å². The lowest BCUT2D eigenvalue weighted by molar-refractivity contribution is -0.159. The molecule has 0 heterocycles. The van der Waals surface area contributed by atoms with E-state index < -0.39 is 23.5 Å². The highest BCUT2D eigenvalue weighted by Gasteiger charge is 2.42. The molecule has 1 aromatic rings. The fourth-order valence-electron chi connectivity index (χ4n) is 1.89. The van der Waals surface area contributed by atoms with Crippen LogP contribution in [0, 0.1) is 5.41 Å². The fraction of sp³-hybridized carbons (Fsp3) is 0.533. The van der Waals surface area contributed by atoms with Gasteiger partial charge in [0.2, 0.25) is 0 Å². The molecule has 0 aliphatic rings. The van der Waals surface area contributed by atoms with Gasteiger partial charge in [-0.2, -0.15) is 13.2 Å². The van der Waals surface area contributed by atoms with Crippen molar-refractivity contribution in [3.05, 3.63) is 35.4 Å². The summed E-state index contributed by atoms with van der Waals surface area (Å²) in [7, 11) is 0. The Kier molecular flexibility index (Phi) is 5.39. The second-order valence-electron chi connectivity index (χ2n) is 6.23. The standard InChI is InChI=1S/C15H21F3N2O/c1-14(2,3)8-12(15(16,17)18)20-13(21)11-6-4-10(9-19)5-7-11/h4-7,12H,8-9,19H2,1-3H3,(H,20,21). The van der Waals surface area contributed by atoms with Crippen LogP contribution in [-0.2, 0) is 6.54 Å². The molecule has 1 unspecified atom stereocenters. The van der Waals surface area contributed by atoms with Crippen LogP contribution in [0.5, 0.6) is 0 Å². The van der Waals surface area contributed by atoms with Crippen LogP contribution in [-0.4, -0.2) is 18.1 Å². The molecule has 1 amide bonds. The average Bonchev–Trinajstić information content (AvgIpc) is 2.35. The van der Waals surface area contributed by atoms with Crippen LogP contribution in [0.4, 0.5) is 13.2 Å². The Balaban J connectivity index is 2.84. The number of hydrogen-bond donors (Lipinski definition) is 2. The molecule has 1 aromatic carbocycles. The molecular formula is C15H21F3N2O. The van der Waals surface area contributed by atoms with Crippen LogP contribution in [0.1, 0.15) is 43.1 Å². The van der Waals surface area contributed by atoms with Crippen molar-refractivity contribution in [1.29, 1.82) is 0 Å². The highest BCUT2D eigenvalue weighted by atomic mass is 19.4. The summed E-state index contributed by atoms with van der Waals surface area (Å²) >= 11 is 0. The first-order valence-electron chi connectivity index (χ1n) is 6.69. The molecule has 0 radical (unpaired) electrons. The lowest BCUT2D eigenvalue weighted by Crippen LogP contribution is -2.47. The first kappa shape index (κ1) is 17.5. The maximum absolute atomic E-state index is 13.0. The number of nitrogens with one attached hydrogen (secondary N) is 1. The third kappa shape index (κ3) is 5.75. The van der Waals surface area contributed by atoms with E-state index in [2.05, 4.69) is 5.32 Å². The van der Waals surface area contributed by atoms with Gasteiger partial charge < -0.3 is 11.1 Å². The van der Waals surface area contributed by atoms with Crippen molar-refractivity contribution in [3.63, 3.8) is 0 Å². The Morgan fingerprint density at radius 3 is 2.10 bits per heavy atom. The molecule has 0 spiro atoms. The van der Waals surface area contributed by atoms with Gasteiger partial charge in [0.25, 0.3) is 5.91 Å². The minimum absolute atomic E-state index is 0.177. The Labute approximate surface area is 122 Å². The molecule has 21 heavy (non-hydrogen) atoms. The van der Waals surface area contributed by atoms with Crippen molar-refractivity contribution >= 4 is 5.91 Å². The first-order valence-corrected chi connectivity index (χ1v) is 6.69. The summed E-state index contributed by atoms with van der Waals surface area (Å²) in [5.74, 6) is -0.731. The topological polar surface area (TPSA) is 55.1 Å². The van der Waals surface area contributed by atoms with Gasteiger partial charge in [-0.1, -0.05) is 32.9 Å². The lowest BCUT2D eigenvalue weighted by atomic mass is 9.87. The van der Waals surface area contributed by atoms with E-state index in [9.17, 15) is 18.0 Å². The Hall–Kier alpha value is -1.56. The Bertz CT molecular complexity index is 475. The van der Waals surface area contributed by atoms with Crippen molar-refractivity contribution in [2.75, 3.05) is 0 Å². The lowest BCUT2D eigenvalue weighted by Gasteiger charge is -2.28. The molecule has 0 aromatic heterocycles. The van der Waals surface area contributed by atoms with Gasteiger partial charge >= 0.3 is 6.18 Å². The quantitative estimate of drug-likeness (QED) is 0.897. The monoisotopic (exact) mass is 302 g/mol. The van der Waals surface area contributed by atoms with E-state index in [1.54, 1.807) is 32.9 Å². The molecule has 6 heteroatoms. The predicted molar refractivity (Wildman–Crippen MR) is 75.7 cm³/mol. The summed E-state index contributed by atoms with van der Waals surface area (Å²) < 4.78 is 39.0. The van der Waals surface area contributed by atoms with Gasteiger partial charge in [-0.05, 0) is 29.5 Å². The molecule has 1 atom stereocenters. The first-order chi connectivity index (χ1) is 9.53. The molecule has 0 aliphatic heterocycles. The van der Waals surface area contributed by atoms with Gasteiger partial charge in [0.05, 0.1) is 0 Å². The smallest absolute Gasteiger partial charge is 0.340 e. The minimum Gasteiger partial charge on any atom is -0.340 e. The van der Waals surface area contributed by atoms with Crippen LogP contribution in [0.25, 0.3) is 0 Å². The average molecular weight is 302 g/mol. The van der Waals surface area contributed by atoms with E-state index in [4.69, 9.17) is 5.73 Å². The van der Waals surface area contributed by atoms with Crippen LogP contribution < -0.4 is 11.1 Å². The highest BCUT2D eigenvalue weighted by Crippen LogP contribution is 2.30. The molecule has 0 fully saturated rings. The van der Waals surface area contributed by atoms with Crippen molar-refractivity contribution < 1.29 is 18.0 Å². The molecule has 3 N–H and O–H groups in total. The molecule has 118 valence electrons. The van der Waals surface area contributed by atoms with Gasteiger partial charge in [-0.3, -0.25) is 4.79 Å². The maximum atomic E-state index is 13.0. The van der Waals surface area contributed by atoms with Crippen LogP contribution in [0.2, 0.25) is 0 Å². The minimum atomic E-state index is -4.47. The number of hydrogen-bond acceptors (Lipinski definition) is 2. The van der Waals surface area contributed by atoms with E-state index in [1.165, 1.54) is 12.1 Å². The Morgan fingerprint density at radius 2 is 1.71 bits per heavy atom. The molecule has 0 saturated carbocycles. The van der Waals surface area contributed by atoms with Crippen molar-refractivity contribution in [3.8, 4) is 0 Å². The number of carbonyl (C=O) groups excluding carboxylic acids is 1. The van der Waals surface area contributed by atoms with Gasteiger partial charge in [0.15, 0.2) is 0 Å². The van der Waals surface area contributed by atoms with Crippen LogP contribution in [0.3, 0.4) is 0 Å². The van der Waals surface area contributed by atoms with E-state index in [-0.39, 0.29) is 12.0 Å². The Morgan fingerprint density at radius 1 is 1.19 bits per heavy atom. The number of alkyl halides is 3. The summed E-state index contributed by atoms with van der Waals surface area (Å²) in [5.41, 5.74) is 5.89. The normalized spacial score (nSPS) is 13.9. The summed E-state index contributed by atoms with van der Waals surface area (Å²) in [6.45, 7) is 5.42. The molecule has 0 aliphatic carbocycles. The van der Waals surface area contributed by atoms with Gasteiger partial charge in [-0.25, -0.2) is 0 Å². The number of carbonyl (C=O) groups is 1. The van der Waals surface area contributed by atoms with Crippen LogP contribution >= 0.6 is 0 Å². The van der Waals surface area contributed by atoms with Gasteiger partial charge in [0.1, 0.15) is 6.04 Å². The van der Waals surface area contributed by atoms with E-state index in [1.807, 2.05) is 0 Å². The zero-order valence-corrected chi connectivity index (χ0v) is 12.4. The molecule has 0 bridgehead atoms. The second-order valence-corrected chi connectivity index (χ2v) is 6.23. The van der Waals surface area contributed by atoms with E-state index >= 15 is 0 Å². The van der Waals surface area contributed by atoms with Crippen LogP contribution in [0.15, 0.2) is 24.3 Å². The van der Waals surface area contributed by atoms with Crippen molar-refractivity contribution in [1.82, 2.24) is 5.32 Å². The summed E-state index contributed by atoms with van der Waals surface area (Å²) in [5, 5.41) is 2.07. The van der Waals surface area contributed by atoms with E-state index in [0.717, 1.165) is 5.56 Å². The zero-order valence-electron chi connectivity index (χ0n) is 12.4. The van der Waals surface area contributed by atoms with Crippen molar-refractivity contribution in [2.45, 2.75) is 46.0 Å². The fourth-order valence-corrected chi connectivity index (χ4v) is 1.89. The number of rotatable bonds is 4.